The molecule has 1 unspecified atom stereocenters. The zero-order valence-electron chi connectivity index (χ0n) is 16.8. The van der Waals surface area contributed by atoms with Crippen molar-refractivity contribution in [2.45, 2.75) is 63.5 Å². The van der Waals surface area contributed by atoms with Crippen LogP contribution in [0.1, 0.15) is 55.7 Å². The molecule has 1 heterocycles. The van der Waals surface area contributed by atoms with Crippen LogP contribution in [0.4, 0.5) is 4.79 Å². The maximum atomic E-state index is 12.8. The maximum absolute atomic E-state index is 12.8. The van der Waals surface area contributed by atoms with Crippen LogP contribution in [-0.4, -0.2) is 50.0 Å². The molecular formula is C21H32N2O3S. The van der Waals surface area contributed by atoms with Crippen molar-refractivity contribution in [3.05, 3.63) is 34.9 Å². The molecule has 1 atom stereocenters. The number of nitrogens with zero attached hydrogens (tertiary/aromatic N) is 1. The Labute approximate surface area is 163 Å². The predicted octanol–water partition coefficient (Wildman–Crippen LogP) is 3.33. The number of amides is 2. The Morgan fingerprint density at radius 1 is 1.22 bits per heavy atom. The summed E-state index contributed by atoms with van der Waals surface area (Å²) >= 11 is 0. The third kappa shape index (κ3) is 4.31. The van der Waals surface area contributed by atoms with Gasteiger partial charge in [0.15, 0.2) is 9.84 Å². The lowest BCUT2D eigenvalue weighted by molar-refractivity contribution is 0.197. The first-order valence-corrected chi connectivity index (χ1v) is 11.8. The number of benzene rings is 1. The number of aryl methyl sites for hydroxylation is 2. The van der Waals surface area contributed by atoms with Crippen LogP contribution >= 0.6 is 0 Å². The molecule has 2 amide bonds. The normalized spacial score (nSPS) is 24.4. The Hall–Kier alpha value is -1.56. The molecule has 0 bridgehead atoms. The van der Waals surface area contributed by atoms with Gasteiger partial charge in [-0.2, -0.15) is 0 Å². The summed E-state index contributed by atoms with van der Waals surface area (Å²) < 4.78 is 24.2. The van der Waals surface area contributed by atoms with Gasteiger partial charge in [0.2, 0.25) is 0 Å². The van der Waals surface area contributed by atoms with Crippen LogP contribution in [-0.2, 0) is 15.3 Å². The molecule has 1 saturated carbocycles. The predicted molar refractivity (Wildman–Crippen MR) is 109 cm³/mol. The van der Waals surface area contributed by atoms with Crippen LogP contribution in [0, 0.1) is 13.8 Å². The molecule has 1 N–H and O–H groups in total. The van der Waals surface area contributed by atoms with E-state index in [9.17, 15) is 13.2 Å². The van der Waals surface area contributed by atoms with Gasteiger partial charge in [0, 0.05) is 25.0 Å². The molecule has 2 fully saturated rings. The van der Waals surface area contributed by atoms with E-state index < -0.39 is 9.84 Å². The van der Waals surface area contributed by atoms with E-state index in [1.54, 1.807) is 11.8 Å². The van der Waals surface area contributed by atoms with Crippen LogP contribution in [0.2, 0.25) is 0 Å². The van der Waals surface area contributed by atoms with Gasteiger partial charge in [-0.1, -0.05) is 36.6 Å². The fraction of sp³-hybridized carbons (Fsp3) is 0.667. The molecule has 1 aliphatic carbocycles. The van der Waals surface area contributed by atoms with Crippen molar-refractivity contribution in [3.8, 4) is 0 Å². The number of carbonyl (C=O) groups excluding carboxylic acids is 1. The van der Waals surface area contributed by atoms with Gasteiger partial charge in [0.25, 0.3) is 0 Å². The molecule has 3 rings (SSSR count). The summed E-state index contributed by atoms with van der Waals surface area (Å²) in [5.74, 6) is 0.0593. The Bertz CT molecular complexity index is 798. The third-order valence-corrected chi connectivity index (χ3v) is 8.66. The summed E-state index contributed by atoms with van der Waals surface area (Å²) in [6, 6.07) is 6.47. The van der Waals surface area contributed by atoms with E-state index >= 15 is 0 Å². The van der Waals surface area contributed by atoms with E-state index in [0.29, 0.717) is 19.5 Å². The number of hydrogen-bond donors (Lipinski definition) is 1. The lowest BCUT2D eigenvalue weighted by atomic mass is 9.76. The van der Waals surface area contributed by atoms with Crippen LogP contribution in [0.5, 0.6) is 0 Å². The number of urea groups is 1. The quantitative estimate of drug-likeness (QED) is 0.858. The van der Waals surface area contributed by atoms with Crippen molar-refractivity contribution in [3.63, 3.8) is 0 Å². The Morgan fingerprint density at radius 2 is 1.93 bits per heavy atom. The van der Waals surface area contributed by atoms with Gasteiger partial charge in [-0.05, 0) is 51.2 Å². The van der Waals surface area contributed by atoms with E-state index in [-0.39, 0.29) is 29.0 Å². The second-order valence-corrected chi connectivity index (χ2v) is 11.0. The smallest absolute Gasteiger partial charge is 0.317 e. The van der Waals surface area contributed by atoms with Crippen LogP contribution in [0.3, 0.4) is 0 Å². The molecule has 1 aliphatic heterocycles. The SMILES string of the molecule is Cc1ccc(C2(CNC(=O)N3CCC(C)S(=O)(=O)CC3)CCCC2)c(C)c1. The standard InChI is InChI=1S/C21H32N2O3S/c1-16-6-7-19(17(2)14-16)21(9-4-5-10-21)15-22-20(24)23-11-8-18(3)27(25,26)13-12-23/h6-7,14,18H,4-5,8-13,15H2,1-3H3,(H,22,24). The topological polar surface area (TPSA) is 66.5 Å². The van der Waals surface area contributed by atoms with Crippen molar-refractivity contribution in [2.24, 2.45) is 0 Å². The number of nitrogens with one attached hydrogen (secondary N) is 1. The van der Waals surface area contributed by atoms with Gasteiger partial charge >= 0.3 is 6.03 Å². The first kappa shape index (κ1) is 20.2. The number of rotatable bonds is 3. The monoisotopic (exact) mass is 392 g/mol. The number of carbonyl (C=O) groups is 1. The second kappa shape index (κ2) is 7.82. The summed E-state index contributed by atoms with van der Waals surface area (Å²) in [5.41, 5.74) is 3.89. The molecule has 5 nitrogen and oxygen atoms in total. The molecular weight excluding hydrogens is 360 g/mol. The lowest BCUT2D eigenvalue weighted by Gasteiger charge is -2.33. The number of sulfone groups is 1. The molecule has 0 spiro atoms. The van der Waals surface area contributed by atoms with E-state index in [4.69, 9.17) is 0 Å². The second-order valence-electron chi connectivity index (χ2n) is 8.42. The largest absolute Gasteiger partial charge is 0.337 e. The van der Waals surface area contributed by atoms with E-state index in [1.807, 2.05) is 0 Å². The Kier molecular flexibility index (Phi) is 5.84. The molecule has 1 saturated heterocycles. The van der Waals surface area contributed by atoms with Crippen molar-refractivity contribution in [2.75, 3.05) is 25.4 Å². The highest BCUT2D eigenvalue weighted by Crippen LogP contribution is 2.42. The first-order valence-electron chi connectivity index (χ1n) is 10.1. The van der Waals surface area contributed by atoms with E-state index in [2.05, 4.69) is 37.4 Å². The van der Waals surface area contributed by atoms with Crippen LogP contribution < -0.4 is 5.32 Å². The average Bonchev–Trinajstić information content (AvgIpc) is 3.04. The zero-order valence-corrected chi connectivity index (χ0v) is 17.6. The van der Waals surface area contributed by atoms with Gasteiger partial charge in [-0.25, -0.2) is 13.2 Å². The Balaban J connectivity index is 1.70. The maximum Gasteiger partial charge on any atom is 0.317 e. The highest BCUT2D eigenvalue weighted by molar-refractivity contribution is 7.92. The number of hydrogen-bond acceptors (Lipinski definition) is 3. The minimum absolute atomic E-state index is 0.00133. The average molecular weight is 393 g/mol. The van der Waals surface area contributed by atoms with Gasteiger partial charge in [-0.3, -0.25) is 0 Å². The molecule has 0 aromatic heterocycles. The Morgan fingerprint density at radius 3 is 2.59 bits per heavy atom. The van der Waals surface area contributed by atoms with Gasteiger partial charge < -0.3 is 10.2 Å². The highest BCUT2D eigenvalue weighted by atomic mass is 32.2. The highest BCUT2D eigenvalue weighted by Gasteiger charge is 2.37. The van der Waals surface area contributed by atoms with Gasteiger partial charge in [0.1, 0.15) is 0 Å². The third-order valence-electron chi connectivity index (χ3n) is 6.44. The summed E-state index contributed by atoms with van der Waals surface area (Å²) in [6.07, 6.45) is 5.05. The minimum atomic E-state index is -3.08. The molecule has 150 valence electrons. The van der Waals surface area contributed by atoms with Crippen LogP contribution in [0.25, 0.3) is 0 Å². The molecule has 0 radical (unpaired) electrons. The molecule has 1 aromatic carbocycles. The van der Waals surface area contributed by atoms with Crippen LogP contribution in [0.15, 0.2) is 18.2 Å². The lowest BCUT2D eigenvalue weighted by Crippen LogP contribution is -2.46. The van der Waals surface area contributed by atoms with Crippen molar-refractivity contribution in [1.29, 1.82) is 0 Å². The summed E-state index contributed by atoms with van der Waals surface area (Å²) in [4.78, 5) is 14.4. The minimum Gasteiger partial charge on any atom is -0.337 e. The summed E-state index contributed by atoms with van der Waals surface area (Å²) in [7, 11) is -3.08. The van der Waals surface area contributed by atoms with Gasteiger partial charge in [0.05, 0.1) is 11.0 Å². The van der Waals surface area contributed by atoms with Crippen molar-refractivity contribution < 1.29 is 13.2 Å². The molecule has 1 aromatic rings. The first-order chi connectivity index (χ1) is 12.7. The molecule has 6 heteroatoms. The van der Waals surface area contributed by atoms with Crippen molar-refractivity contribution >= 4 is 15.9 Å². The van der Waals surface area contributed by atoms with E-state index in [1.165, 1.54) is 29.5 Å². The van der Waals surface area contributed by atoms with Gasteiger partial charge in [-0.15, -0.1) is 0 Å². The van der Waals surface area contributed by atoms with Crippen molar-refractivity contribution in [1.82, 2.24) is 10.2 Å². The molecule has 2 aliphatic rings. The summed E-state index contributed by atoms with van der Waals surface area (Å²) in [5, 5.41) is 2.77. The van der Waals surface area contributed by atoms with E-state index in [0.717, 1.165) is 12.8 Å². The fourth-order valence-electron chi connectivity index (χ4n) is 4.63. The zero-order chi connectivity index (χ0) is 19.7. The molecule has 27 heavy (non-hydrogen) atoms. The summed E-state index contributed by atoms with van der Waals surface area (Å²) in [6.45, 7) is 7.41. The fourth-order valence-corrected chi connectivity index (χ4v) is 5.97.